The van der Waals surface area contributed by atoms with Gasteiger partial charge in [0, 0.05) is 36.8 Å². The highest BCUT2D eigenvalue weighted by Crippen LogP contribution is 2.71. The summed E-state index contributed by atoms with van der Waals surface area (Å²) < 4.78 is 0. The van der Waals surface area contributed by atoms with Gasteiger partial charge in [-0.2, -0.15) is 0 Å². The minimum atomic E-state index is -1.08. The van der Waals surface area contributed by atoms with Crippen LogP contribution >= 0.6 is 0 Å². The largest absolute Gasteiger partial charge is 0.550 e. The number of hydrogen-bond donors (Lipinski definition) is 0. The Kier molecular flexibility index (Phi) is 3.21. The summed E-state index contributed by atoms with van der Waals surface area (Å²) in [4.78, 5) is 38.5. The van der Waals surface area contributed by atoms with Gasteiger partial charge in [-0.05, 0) is 31.1 Å². The molecule has 1 saturated heterocycles. The van der Waals surface area contributed by atoms with E-state index in [0.717, 1.165) is 12.8 Å². The van der Waals surface area contributed by atoms with Gasteiger partial charge in [-0.15, -0.1) is 0 Å². The van der Waals surface area contributed by atoms with Crippen LogP contribution in [0, 0.1) is 22.2 Å². The molecule has 1 aliphatic heterocycles. The topological polar surface area (TPSA) is 77.5 Å². The maximum Gasteiger partial charge on any atom is 0.229 e. The van der Waals surface area contributed by atoms with Gasteiger partial charge < -0.3 is 14.8 Å². The fourth-order valence-corrected chi connectivity index (χ4v) is 4.99. The van der Waals surface area contributed by atoms with Gasteiger partial charge in [0.05, 0.1) is 5.41 Å². The molecule has 2 bridgehead atoms. The lowest BCUT2D eigenvalue weighted by Crippen LogP contribution is -2.53. The summed E-state index contributed by atoms with van der Waals surface area (Å²) in [5, 5.41) is 11.1. The van der Waals surface area contributed by atoms with Gasteiger partial charge in [0.15, 0.2) is 0 Å². The molecule has 122 valence electrons. The summed E-state index contributed by atoms with van der Waals surface area (Å²) in [5.74, 6) is -1.49. The molecule has 5 nitrogen and oxygen atoms in total. The van der Waals surface area contributed by atoms with Gasteiger partial charge in [-0.1, -0.05) is 20.8 Å². The smallest absolute Gasteiger partial charge is 0.229 e. The van der Waals surface area contributed by atoms with E-state index < -0.39 is 22.7 Å². The minimum absolute atomic E-state index is 0.0157. The van der Waals surface area contributed by atoms with Crippen molar-refractivity contribution in [1.29, 1.82) is 0 Å². The van der Waals surface area contributed by atoms with Crippen LogP contribution in [0.5, 0.6) is 0 Å². The van der Waals surface area contributed by atoms with Crippen molar-refractivity contribution >= 4 is 17.7 Å². The molecule has 2 aliphatic carbocycles. The number of piperidine rings is 1. The molecule has 22 heavy (non-hydrogen) atoms. The number of carbonyl (C=O) groups excluding carboxylic acids is 3. The van der Waals surface area contributed by atoms with Crippen molar-refractivity contribution in [2.45, 2.75) is 52.9 Å². The van der Waals surface area contributed by atoms with Gasteiger partial charge in [0.25, 0.3) is 0 Å². The molecule has 0 aromatic rings. The summed E-state index contributed by atoms with van der Waals surface area (Å²) in [7, 11) is 0. The number of likely N-dealkylation sites (tertiary alicyclic amines) is 1. The maximum absolute atomic E-state index is 13.2. The third-order valence-electron chi connectivity index (χ3n) is 7.16. The second-order valence-corrected chi connectivity index (χ2v) is 8.05. The molecule has 1 amide bonds. The number of carboxylic acids is 1. The molecule has 5 heteroatoms. The summed E-state index contributed by atoms with van der Waals surface area (Å²) in [5.41, 5.74) is -1.44. The Morgan fingerprint density at radius 3 is 2.41 bits per heavy atom. The summed E-state index contributed by atoms with van der Waals surface area (Å²) in [6.45, 7) is 6.86. The van der Waals surface area contributed by atoms with Crippen molar-refractivity contribution in [3.8, 4) is 0 Å². The van der Waals surface area contributed by atoms with Gasteiger partial charge in [0.1, 0.15) is 5.78 Å². The Balaban J connectivity index is 1.89. The molecule has 2 saturated carbocycles. The van der Waals surface area contributed by atoms with Crippen molar-refractivity contribution in [3.05, 3.63) is 0 Å². The maximum atomic E-state index is 13.2. The van der Waals surface area contributed by atoms with Crippen LogP contribution in [0.4, 0.5) is 0 Å². The van der Waals surface area contributed by atoms with Crippen molar-refractivity contribution in [2.24, 2.45) is 22.2 Å². The number of Topliss-reactive ketones (excluding diaryl/α,β-unsaturated/α-hetero) is 1. The van der Waals surface area contributed by atoms with E-state index in [-0.39, 0.29) is 23.7 Å². The highest BCUT2D eigenvalue weighted by molar-refractivity contribution is 5.99. The first-order chi connectivity index (χ1) is 10.2. The van der Waals surface area contributed by atoms with Crippen molar-refractivity contribution < 1.29 is 19.5 Å². The van der Waals surface area contributed by atoms with Gasteiger partial charge in [0.2, 0.25) is 5.91 Å². The number of amides is 1. The molecule has 3 fully saturated rings. The summed E-state index contributed by atoms with van der Waals surface area (Å²) >= 11 is 0. The lowest BCUT2D eigenvalue weighted by atomic mass is 9.64. The zero-order valence-corrected chi connectivity index (χ0v) is 13.6. The van der Waals surface area contributed by atoms with Crippen molar-refractivity contribution in [1.82, 2.24) is 4.90 Å². The molecule has 1 heterocycles. The molecule has 3 aliphatic rings. The number of carboxylic acid groups (broad SMARTS) is 1. The Morgan fingerprint density at radius 1 is 1.23 bits per heavy atom. The molecule has 0 aromatic heterocycles. The summed E-state index contributed by atoms with van der Waals surface area (Å²) in [6.07, 6.45) is 3.04. The molecule has 0 spiro atoms. The monoisotopic (exact) mass is 306 g/mol. The first-order valence-corrected chi connectivity index (χ1v) is 8.19. The van der Waals surface area contributed by atoms with Crippen LogP contribution in [-0.4, -0.2) is 35.6 Å². The third-order valence-corrected chi connectivity index (χ3v) is 7.16. The normalized spacial score (nSPS) is 40.0. The van der Waals surface area contributed by atoms with Crippen LogP contribution in [0.2, 0.25) is 0 Å². The van der Waals surface area contributed by atoms with Gasteiger partial charge >= 0.3 is 0 Å². The first kappa shape index (κ1) is 15.5. The second-order valence-electron chi connectivity index (χ2n) is 8.05. The number of fused-ring (bicyclic) bond motifs is 2. The van der Waals surface area contributed by atoms with E-state index in [1.807, 2.05) is 20.8 Å². The average molecular weight is 306 g/mol. The van der Waals surface area contributed by atoms with E-state index in [2.05, 4.69) is 0 Å². The number of nitrogens with zero attached hydrogens (tertiary/aromatic N) is 1. The first-order valence-electron chi connectivity index (χ1n) is 8.19. The van der Waals surface area contributed by atoms with Crippen LogP contribution in [0.15, 0.2) is 0 Å². The van der Waals surface area contributed by atoms with Gasteiger partial charge in [-0.25, -0.2) is 0 Å². The molecule has 0 unspecified atom stereocenters. The minimum Gasteiger partial charge on any atom is -0.550 e. The Hall–Kier alpha value is -1.39. The molecule has 3 rings (SSSR count). The van der Waals surface area contributed by atoms with E-state index in [1.54, 1.807) is 4.90 Å². The Morgan fingerprint density at radius 2 is 1.91 bits per heavy atom. The predicted octanol–water partition coefficient (Wildman–Crippen LogP) is 0.760. The third kappa shape index (κ3) is 1.68. The quantitative estimate of drug-likeness (QED) is 0.754. The number of ketones is 1. The van der Waals surface area contributed by atoms with E-state index in [9.17, 15) is 19.5 Å². The van der Waals surface area contributed by atoms with Crippen LogP contribution in [0.3, 0.4) is 0 Å². The SMILES string of the molecule is CC1(C)[C@]2(C(=O)N3CCC[C@@H](C(=O)[O-])C3)CC[C@@]1(C)C(=O)C2. The fraction of sp³-hybridized carbons (Fsp3) is 0.824. The van der Waals surface area contributed by atoms with E-state index in [1.165, 1.54) is 0 Å². The summed E-state index contributed by atoms with van der Waals surface area (Å²) in [6, 6.07) is 0. The van der Waals surface area contributed by atoms with Crippen molar-refractivity contribution in [2.75, 3.05) is 13.1 Å². The molecular weight excluding hydrogens is 282 g/mol. The van der Waals surface area contributed by atoms with Crippen LogP contribution in [0.1, 0.15) is 52.9 Å². The highest BCUT2D eigenvalue weighted by Gasteiger charge is 2.73. The van der Waals surface area contributed by atoms with Crippen LogP contribution in [0.25, 0.3) is 0 Å². The van der Waals surface area contributed by atoms with E-state index >= 15 is 0 Å². The Labute approximate surface area is 131 Å². The fourth-order valence-electron chi connectivity index (χ4n) is 4.99. The molecular formula is C17H24NO4-. The Bertz CT molecular complexity index is 555. The van der Waals surface area contributed by atoms with Crippen LogP contribution in [-0.2, 0) is 14.4 Å². The molecule has 3 atom stereocenters. The highest BCUT2D eigenvalue weighted by atomic mass is 16.4. The lowest BCUT2D eigenvalue weighted by molar-refractivity contribution is -0.312. The molecule has 0 radical (unpaired) electrons. The van der Waals surface area contributed by atoms with Crippen molar-refractivity contribution in [3.63, 3.8) is 0 Å². The number of rotatable bonds is 2. The van der Waals surface area contributed by atoms with E-state index in [0.29, 0.717) is 25.8 Å². The zero-order chi connectivity index (χ0) is 16.3. The average Bonchev–Trinajstić information content (AvgIpc) is 2.77. The van der Waals surface area contributed by atoms with Gasteiger partial charge in [-0.3, -0.25) is 9.59 Å². The second kappa shape index (κ2) is 4.56. The number of hydrogen-bond acceptors (Lipinski definition) is 4. The van der Waals surface area contributed by atoms with E-state index in [4.69, 9.17) is 0 Å². The van der Waals surface area contributed by atoms with Crippen LogP contribution < -0.4 is 5.11 Å². The standard InChI is InChI=1S/C17H25NO4/c1-15(2)16(3)6-7-17(15,9-12(16)19)14(22)18-8-4-5-11(10-18)13(20)21/h11H,4-10H2,1-3H3,(H,20,21)/p-1/t11-,16+,17-/m1/s1. The lowest BCUT2D eigenvalue weighted by Gasteiger charge is -2.43. The number of carbonyl (C=O) groups is 3. The number of aliphatic carboxylic acids is 1. The molecule has 0 aromatic carbocycles. The zero-order valence-electron chi connectivity index (χ0n) is 13.6. The molecule has 0 N–H and O–H groups in total. The predicted molar refractivity (Wildman–Crippen MR) is 77.5 cm³/mol.